The SMILES string of the molecule is [N-]=[N+]=C(C(=O)O)C(=O)OC(CCSc1ccccc1)CC1=CCCCC1. The number of carboxylic acid groups (broad SMARTS) is 1. The van der Waals surface area contributed by atoms with Gasteiger partial charge in [0.25, 0.3) is 0 Å². The molecule has 0 fully saturated rings. The summed E-state index contributed by atoms with van der Waals surface area (Å²) in [5.74, 6) is -1.98. The van der Waals surface area contributed by atoms with Crippen molar-refractivity contribution in [3.8, 4) is 0 Å². The molecular formula is C19H22N2O4S. The zero-order valence-corrected chi connectivity index (χ0v) is 15.3. The molecule has 0 radical (unpaired) electrons. The van der Waals surface area contributed by atoms with Crippen LogP contribution in [0.5, 0.6) is 0 Å². The highest BCUT2D eigenvalue weighted by molar-refractivity contribution is 7.99. The summed E-state index contributed by atoms with van der Waals surface area (Å²) in [5, 5.41) is 8.90. The maximum absolute atomic E-state index is 12.0. The van der Waals surface area contributed by atoms with Gasteiger partial charge in [-0.25, -0.2) is 9.59 Å². The number of ether oxygens (including phenoxy) is 1. The van der Waals surface area contributed by atoms with Crippen molar-refractivity contribution in [3.05, 3.63) is 47.5 Å². The molecule has 0 saturated heterocycles. The van der Waals surface area contributed by atoms with Gasteiger partial charge in [-0.3, -0.25) is 0 Å². The van der Waals surface area contributed by atoms with Gasteiger partial charge in [0, 0.05) is 17.1 Å². The molecule has 1 aromatic rings. The number of allylic oxidation sites excluding steroid dienone is 1. The Bertz CT molecular complexity index is 712. The van der Waals surface area contributed by atoms with E-state index in [0.717, 1.165) is 36.3 Å². The average molecular weight is 374 g/mol. The second kappa shape index (κ2) is 10.6. The minimum atomic E-state index is -1.60. The Kier molecular flexibility index (Phi) is 8.12. The van der Waals surface area contributed by atoms with Gasteiger partial charge in [-0.15, -0.1) is 11.8 Å². The van der Waals surface area contributed by atoms with E-state index in [1.807, 2.05) is 30.3 Å². The molecule has 1 aliphatic rings. The van der Waals surface area contributed by atoms with E-state index in [4.69, 9.17) is 15.4 Å². The summed E-state index contributed by atoms with van der Waals surface area (Å²) in [6.07, 6.45) is 7.17. The van der Waals surface area contributed by atoms with E-state index < -0.39 is 23.8 Å². The Balaban J connectivity index is 1.98. The molecule has 1 unspecified atom stereocenters. The van der Waals surface area contributed by atoms with Crippen molar-refractivity contribution in [3.63, 3.8) is 0 Å². The molecule has 1 N–H and O–H groups in total. The Morgan fingerprint density at radius 1 is 1.27 bits per heavy atom. The van der Waals surface area contributed by atoms with Gasteiger partial charge in [0.2, 0.25) is 0 Å². The molecular weight excluding hydrogens is 352 g/mol. The highest BCUT2D eigenvalue weighted by Gasteiger charge is 2.33. The summed E-state index contributed by atoms with van der Waals surface area (Å²) >= 11 is 1.65. The average Bonchev–Trinajstić information content (AvgIpc) is 2.63. The van der Waals surface area contributed by atoms with Crippen molar-refractivity contribution >= 4 is 29.4 Å². The van der Waals surface area contributed by atoms with Crippen LogP contribution in [-0.4, -0.2) is 39.4 Å². The zero-order valence-electron chi connectivity index (χ0n) is 14.5. The van der Waals surface area contributed by atoms with Crippen molar-refractivity contribution in [2.24, 2.45) is 0 Å². The van der Waals surface area contributed by atoms with Crippen LogP contribution in [-0.2, 0) is 14.3 Å². The summed E-state index contributed by atoms with van der Waals surface area (Å²) in [7, 11) is 0. The van der Waals surface area contributed by atoms with Crippen molar-refractivity contribution in [2.45, 2.75) is 49.5 Å². The molecule has 0 heterocycles. The first-order valence-electron chi connectivity index (χ1n) is 8.62. The fraction of sp³-hybridized carbons (Fsp3) is 0.421. The number of hydrogen-bond acceptors (Lipinski definition) is 4. The van der Waals surface area contributed by atoms with Crippen molar-refractivity contribution < 1.29 is 24.2 Å². The third-order valence-corrected chi connectivity index (χ3v) is 5.14. The lowest BCUT2D eigenvalue weighted by Crippen LogP contribution is -2.31. The maximum Gasteiger partial charge on any atom is 0.482 e. The first kappa shape index (κ1) is 19.9. The predicted octanol–water partition coefficient (Wildman–Crippen LogP) is 3.73. The molecule has 0 aliphatic heterocycles. The van der Waals surface area contributed by atoms with Gasteiger partial charge in [0.1, 0.15) is 6.10 Å². The lowest BCUT2D eigenvalue weighted by atomic mass is 9.94. The molecule has 6 nitrogen and oxygen atoms in total. The highest BCUT2D eigenvalue weighted by atomic mass is 32.2. The number of esters is 1. The van der Waals surface area contributed by atoms with Gasteiger partial charge in [-0.2, -0.15) is 4.79 Å². The van der Waals surface area contributed by atoms with E-state index in [1.54, 1.807) is 11.8 Å². The topological polar surface area (TPSA) is 100 Å². The monoisotopic (exact) mass is 374 g/mol. The first-order valence-corrected chi connectivity index (χ1v) is 9.60. The Morgan fingerprint density at radius 3 is 2.65 bits per heavy atom. The molecule has 1 aliphatic carbocycles. The summed E-state index contributed by atoms with van der Waals surface area (Å²) in [4.78, 5) is 26.6. The molecule has 2 rings (SSSR count). The van der Waals surface area contributed by atoms with Gasteiger partial charge in [0.05, 0.1) is 0 Å². The van der Waals surface area contributed by atoms with E-state index in [0.29, 0.717) is 12.8 Å². The van der Waals surface area contributed by atoms with Crippen LogP contribution in [0.1, 0.15) is 38.5 Å². The maximum atomic E-state index is 12.0. The Hall–Kier alpha value is -2.37. The second-order valence-electron chi connectivity index (χ2n) is 6.04. The summed E-state index contributed by atoms with van der Waals surface area (Å²) in [6.45, 7) is 0. The molecule has 26 heavy (non-hydrogen) atoms. The molecule has 0 spiro atoms. The number of carboxylic acids is 1. The standard InChI is InChI=1S/C19H22N2O4S/c20-21-17(18(22)23)19(24)25-15(13-14-7-3-1-4-8-14)11-12-26-16-9-5-2-6-10-16/h2,5-7,9-10,15H,1,3-4,8,11-13H2,(H,22,23). The van der Waals surface area contributed by atoms with Crippen LogP contribution in [0.2, 0.25) is 0 Å². The molecule has 138 valence electrons. The number of nitrogens with zero attached hydrogens (tertiary/aromatic N) is 2. The third kappa shape index (κ3) is 6.50. The van der Waals surface area contributed by atoms with Crippen molar-refractivity contribution in [1.29, 1.82) is 0 Å². The lowest BCUT2D eigenvalue weighted by molar-refractivity contribution is -0.150. The summed E-state index contributed by atoms with van der Waals surface area (Å²) < 4.78 is 5.34. The number of hydrogen-bond donors (Lipinski definition) is 1. The minimum absolute atomic E-state index is 0.445. The fourth-order valence-corrected chi connectivity index (χ4v) is 3.75. The van der Waals surface area contributed by atoms with Crippen LogP contribution >= 0.6 is 11.8 Å². The van der Waals surface area contributed by atoms with Gasteiger partial charge in [-0.1, -0.05) is 29.8 Å². The Labute approximate surface area is 156 Å². The zero-order chi connectivity index (χ0) is 18.8. The smallest absolute Gasteiger partial charge is 0.472 e. The van der Waals surface area contributed by atoms with Crippen LogP contribution < -0.4 is 0 Å². The van der Waals surface area contributed by atoms with Crippen LogP contribution in [0.15, 0.2) is 46.9 Å². The van der Waals surface area contributed by atoms with Crippen molar-refractivity contribution in [2.75, 3.05) is 5.75 Å². The van der Waals surface area contributed by atoms with Gasteiger partial charge in [0.15, 0.2) is 0 Å². The third-order valence-electron chi connectivity index (χ3n) is 4.10. The second-order valence-corrected chi connectivity index (χ2v) is 7.21. The number of benzene rings is 1. The van der Waals surface area contributed by atoms with Crippen molar-refractivity contribution in [1.82, 2.24) is 0 Å². The van der Waals surface area contributed by atoms with Crippen LogP contribution in [0.25, 0.3) is 5.53 Å². The fourth-order valence-electron chi connectivity index (χ4n) is 2.79. The molecule has 0 amide bonds. The first-order chi connectivity index (χ1) is 12.6. The largest absolute Gasteiger partial charge is 0.482 e. The quantitative estimate of drug-likeness (QED) is 0.135. The number of carbonyl (C=O) groups is 2. The van der Waals surface area contributed by atoms with Crippen LogP contribution in [0.3, 0.4) is 0 Å². The van der Waals surface area contributed by atoms with Crippen LogP contribution in [0.4, 0.5) is 0 Å². The van der Waals surface area contributed by atoms with Gasteiger partial charge < -0.3 is 15.4 Å². The summed E-state index contributed by atoms with van der Waals surface area (Å²) in [6, 6.07) is 9.89. The minimum Gasteiger partial charge on any atom is -0.472 e. The number of aliphatic carboxylic acids is 1. The Morgan fingerprint density at radius 2 is 2.04 bits per heavy atom. The predicted molar refractivity (Wildman–Crippen MR) is 99.1 cm³/mol. The van der Waals surface area contributed by atoms with E-state index in [-0.39, 0.29) is 0 Å². The lowest BCUT2D eigenvalue weighted by Gasteiger charge is -2.20. The van der Waals surface area contributed by atoms with Crippen LogP contribution in [0, 0.1) is 0 Å². The molecule has 0 saturated carbocycles. The van der Waals surface area contributed by atoms with Gasteiger partial charge in [-0.05, 0) is 44.2 Å². The van der Waals surface area contributed by atoms with E-state index in [9.17, 15) is 9.59 Å². The number of thioether (sulfide) groups is 1. The molecule has 1 atom stereocenters. The molecule has 7 heteroatoms. The van der Waals surface area contributed by atoms with E-state index >= 15 is 0 Å². The molecule has 0 bridgehead atoms. The molecule has 1 aromatic carbocycles. The summed E-state index contributed by atoms with van der Waals surface area (Å²) in [5.41, 5.74) is 8.95. The highest BCUT2D eigenvalue weighted by Crippen LogP contribution is 2.26. The normalized spacial score (nSPS) is 14.7. The number of carbonyl (C=O) groups excluding carboxylic acids is 1. The molecule has 0 aromatic heterocycles. The van der Waals surface area contributed by atoms with E-state index in [1.165, 1.54) is 5.57 Å². The van der Waals surface area contributed by atoms with Gasteiger partial charge >= 0.3 is 17.7 Å². The number of rotatable bonds is 9. The van der Waals surface area contributed by atoms with E-state index in [2.05, 4.69) is 10.9 Å².